The number of nitrogens with zero attached hydrogens (tertiary/aromatic N) is 4. The van der Waals surface area contributed by atoms with Crippen LogP contribution < -0.4 is 10.2 Å². The van der Waals surface area contributed by atoms with Crippen LogP contribution in [0.5, 0.6) is 0 Å². The molecule has 0 unspecified atom stereocenters. The molecule has 154 valence electrons. The first kappa shape index (κ1) is 19.1. The average molecular weight is 424 g/mol. The summed E-state index contributed by atoms with van der Waals surface area (Å²) in [7, 11) is 0. The number of rotatable bonds is 3. The molecule has 0 bridgehead atoms. The van der Waals surface area contributed by atoms with E-state index < -0.39 is 0 Å². The Bertz CT molecular complexity index is 1120. The van der Waals surface area contributed by atoms with E-state index in [4.69, 9.17) is 11.6 Å². The predicted octanol–water partition coefficient (Wildman–Crippen LogP) is 3.48. The maximum Gasteiger partial charge on any atom is 0.256 e. The standard InChI is InChI=1S/C22H22ClN5O2/c23-15-3-1-4-17(13-15)27-12-9-22(21(27)30)7-5-16(6-8-22)26-20(29)18-14-25-28-11-2-10-24-19(18)28/h1-4,10-11,13-14,16H,5-9,12H2,(H,26,29)/t16-,22-. The largest absolute Gasteiger partial charge is 0.349 e. The van der Waals surface area contributed by atoms with Crippen LogP contribution in [0.2, 0.25) is 5.02 Å². The highest BCUT2D eigenvalue weighted by atomic mass is 35.5. The first-order valence-electron chi connectivity index (χ1n) is 10.2. The summed E-state index contributed by atoms with van der Waals surface area (Å²) < 4.78 is 1.59. The van der Waals surface area contributed by atoms with Crippen molar-refractivity contribution in [2.75, 3.05) is 11.4 Å². The molecule has 1 saturated carbocycles. The molecular formula is C22H22ClN5O2. The molecule has 0 radical (unpaired) electrons. The first-order chi connectivity index (χ1) is 14.6. The molecule has 2 fully saturated rings. The van der Waals surface area contributed by atoms with Gasteiger partial charge in [0.1, 0.15) is 5.56 Å². The zero-order valence-corrected chi connectivity index (χ0v) is 17.2. The van der Waals surface area contributed by atoms with Gasteiger partial charge in [-0.05, 0) is 56.4 Å². The SMILES string of the molecule is O=C(N[C@H]1CC[C@@]2(CCN(c3cccc(Cl)c3)C2=O)CC1)c1cnn2cccnc12. The normalized spacial score (nSPS) is 24.0. The highest BCUT2D eigenvalue weighted by Gasteiger charge is 2.48. The van der Waals surface area contributed by atoms with Crippen molar-refractivity contribution in [3.8, 4) is 0 Å². The molecule has 0 atom stereocenters. The van der Waals surface area contributed by atoms with E-state index in [1.807, 2.05) is 29.2 Å². The molecule has 7 nitrogen and oxygen atoms in total. The van der Waals surface area contributed by atoms with Crippen LogP contribution in [0.4, 0.5) is 5.69 Å². The second kappa shape index (κ2) is 7.40. The Morgan fingerprint density at radius 2 is 2.03 bits per heavy atom. The predicted molar refractivity (Wildman–Crippen MR) is 114 cm³/mol. The van der Waals surface area contributed by atoms with Crippen LogP contribution >= 0.6 is 11.6 Å². The Hall–Kier alpha value is -2.93. The van der Waals surface area contributed by atoms with Gasteiger partial charge in [0, 0.05) is 35.7 Å². The number of aromatic nitrogens is 3. The summed E-state index contributed by atoms with van der Waals surface area (Å²) >= 11 is 6.11. The smallest absolute Gasteiger partial charge is 0.256 e. The highest BCUT2D eigenvalue weighted by Crippen LogP contribution is 2.46. The van der Waals surface area contributed by atoms with E-state index >= 15 is 0 Å². The third kappa shape index (κ3) is 3.23. The molecule has 1 aliphatic heterocycles. The molecule has 1 saturated heterocycles. The van der Waals surface area contributed by atoms with Crippen molar-refractivity contribution < 1.29 is 9.59 Å². The molecule has 2 aromatic heterocycles. The van der Waals surface area contributed by atoms with E-state index in [0.29, 0.717) is 22.8 Å². The lowest BCUT2D eigenvalue weighted by Gasteiger charge is -2.36. The van der Waals surface area contributed by atoms with Gasteiger partial charge in [-0.25, -0.2) is 9.50 Å². The fraction of sp³-hybridized carbons (Fsp3) is 0.364. The van der Waals surface area contributed by atoms with Crippen molar-refractivity contribution in [3.63, 3.8) is 0 Å². The Kier molecular flexibility index (Phi) is 4.70. The van der Waals surface area contributed by atoms with Crippen molar-refractivity contribution in [2.45, 2.75) is 38.1 Å². The summed E-state index contributed by atoms with van der Waals surface area (Å²) in [6, 6.07) is 9.28. The fourth-order valence-electron chi connectivity index (χ4n) is 4.74. The van der Waals surface area contributed by atoms with Crippen molar-refractivity contribution in [1.82, 2.24) is 19.9 Å². The number of amides is 2. The number of nitrogens with one attached hydrogen (secondary N) is 1. The Morgan fingerprint density at radius 3 is 2.83 bits per heavy atom. The Balaban J connectivity index is 1.24. The summed E-state index contributed by atoms with van der Waals surface area (Å²) in [6.07, 6.45) is 8.93. The van der Waals surface area contributed by atoms with Gasteiger partial charge in [-0.15, -0.1) is 0 Å². The molecule has 2 amide bonds. The van der Waals surface area contributed by atoms with Crippen molar-refractivity contribution in [3.05, 3.63) is 59.5 Å². The topological polar surface area (TPSA) is 79.6 Å². The summed E-state index contributed by atoms with van der Waals surface area (Å²) in [5.41, 5.74) is 1.56. The lowest BCUT2D eigenvalue weighted by Crippen LogP contribution is -2.43. The maximum atomic E-state index is 13.2. The maximum absolute atomic E-state index is 13.2. The second-order valence-corrected chi connectivity index (χ2v) is 8.60. The van der Waals surface area contributed by atoms with E-state index in [1.165, 1.54) is 0 Å². The Labute approximate surface area is 179 Å². The van der Waals surface area contributed by atoms with Gasteiger partial charge in [0.05, 0.1) is 11.6 Å². The van der Waals surface area contributed by atoms with Gasteiger partial charge in [0.2, 0.25) is 5.91 Å². The first-order valence-corrected chi connectivity index (χ1v) is 10.6. The fourth-order valence-corrected chi connectivity index (χ4v) is 4.92. The van der Waals surface area contributed by atoms with Crippen molar-refractivity contribution >= 4 is 34.7 Å². The summed E-state index contributed by atoms with van der Waals surface area (Å²) in [4.78, 5) is 32.1. The molecule has 8 heteroatoms. The quantitative estimate of drug-likeness (QED) is 0.699. The van der Waals surface area contributed by atoms with Gasteiger partial charge in [0.25, 0.3) is 5.91 Å². The number of benzene rings is 1. The minimum absolute atomic E-state index is 0.0507. The summed E-state index contributed by atoms with van der Waals surface area (Å²) in [5.74, 6) is 0.0179. The van der Waals surface area contributed by atoms with Crippen LogP contribution in [-0.4, -0.2) is 39.0 Å². The van der Waals surface area contributed by atoms with Gasteiger partial charge < -0.3 is 10.2 Å². The third-order valence-corrected chi connectivity index (χ3v) is 6.67. The summed E-state index contributed by atoms with van der Waals surface area (Å²) in [6.45, 7) is 0.713. The number of anilines is 1. The molecule has 3 heterocycles. The molecule has 5 rings (SSSR count). The molecule has 2 aliphatic rings. The van der Waals surface area contributed by atoms with E-state index in [2.05, 4.69) is 15.4 Å². The molecule has 30 heavy (non-hydrogen) atoms. The van der Waals surface area contributed by atoms with Crippen molar-refractivity contribution in [1.29, 1.82) is 0 Å². The molecule has 1 aromatic carbocycles. The van der Waals surface area contributed by atoms with Crippen LogP contribution in [0.3, 0.4) is 0 Å². The third-order valence-electron chi connectivity index (χ3n) is 6.43. The second-order valence-electron chi connectivity index (χ2n) is 8.16. The molecule has 1 N–H and O–H groups in total. The van der Waals surface area contributed by atoms with Crippen LogP contribution in [0.1, 0.15) is 42.5 Å². The van der Waals surface area contributed by atoms with Crippen molar-refractivity contribution in [2.24, 2.45) is 5.41 Å². The van der Waals surface area contributed by atoms with Gasteiger partial charge in [-0.3, -0.25) is 9.59 Å². The molecule has 3 aromatic rings. The number of carbonyl (C=O) groups excluding carboxylic acids is 2. The number of hydrogen-bond donors (Lipinski definition) is 1. The number of hydrogen-bond acceptors (Lipinski definition) is 4. The number of fused-ring (bicyclic) bond motifs is 1. The van der Waals surface area contributed by atoms with E-state index in [9.17, 15) is 9.59 Å². The average Bonchev–Trinajstić information content (AvgIpc) is 3.32. The van der Waals surface area contributed by atoms with Gasteiger partial charge in [-0.1, -0.05) is 17.7 Å². The molecule has 1 aliphatic carbocycles. The van der Waals surface area contributed by atoms with E-state index in [1.54, 1.807) is 29.2 Å². The van der Waals surface area contributed by atoms with Gasteiger partial charge in [-0.2, -0.15) is 5.10 Å². The lowest BCUT2D eigenvalue weighted by atomic mass is 9.71. The lowest BCUT2D eigenvalue weighted by molar-refractivity contribution is -0.127. The zero-order chi connectivity index (χ0) is 20.7. The number of carbonyl (C=O) groups is 2. The molecular weight excluding hydrogens is 402 g/mol. The number of halogens is 1. The molecule has 1 spiro atoms. The van der Waals surface area contributed by atoms with E-state index in [0.717, 1.165) is 37.8 Å². The highest BCUT2D eigenvalue weighted by molar-refractivity contribution is 6.31. The van der Waals surface area contributed by atoms with Crippen LogP contribution in [-0.2, 0) is 4.79 Å². The van der Waals surface area contributed by atoms with Gasteiger partial charge >= 0.3 is 0 Å². The summed E-state index contributed by atoms with van der Waals surface area (Å²) in [5, 5.41) is 7.92. The zero-order valence-electron chi connectivity index (χ0n) is 16.4. The van der Waals surface area contributed by atoms with Crippen LogP contribution in [0, 0.1) is 5.41 Å². The minimum Gasteiger partial charge on any atom is -0.349 e. The van der Waals surface area contributed by atoms with Crippen LogP contribution in [0.15, 0.2) is 48.9 Å². The van der Waals surface area contributed by atoms with Gasteiger partial charge in [0.15, 0.2) is 5.65 Å². The van der Waals surface area contributed by atoms with Crippen LogP contribution in [0.25, 0.3) is 5.65 Å². The minimum atomic E-state index is -0.324. The Morgan fingerprint density at radius 1 is 1.20 bits per heavy atom. The van der Waals surface area contributed by atoms with E-state index in [-0.39, 0.29) is 23.3 Å². The monoisotopic (exact) mass is 423 g/mol.